The van der Waals surface area contributed by atoms with Crippen molar-refractivity contribution >= 4 is 33.5 Å². The standard InChI is InChI=1S/C11H7BrF6O2S/c12-2-1-9(19)6-3-7(20-10(13,14)15)5-8(4-6)21-11(16,17)18/h3-5H,1-2H2. The Morgan fingerprint density at radius 1 is 1.14 bits per heavy atom. The van der Waals surface area contributed by atoms with Crippen molar-refractivity contribution in [2.75, 3.05) is 5.33 Å². The number of benzene rings is 1. The van der Waals surface area contributed by atoms with Crippen LogP contribution in [0.3, 0.4) is 0 Å². The Hall–Kier alpha value is -0.900. The second kappa shape index (κ2) is 6.91. The van der Waals surface area contributed by atoms with Crippen LogP contribution < -0.4 is 4.74 Å². The Bertz CT molecular complexity index is 480. The molecular weight excluding hydrogens is 390 g/mol. The van der Waals surface area contributed by atoms with Crippen molar-refractivity contribution in [3.63, 3.8) is 0 Å². The Morgan fingerprint density at radius 2 is 1.76 bits per heavy atom. The average Bonchev–Trinajstić information content (AvgIpc) is 2.23. The summed E-state index contributed by atoms with van der Waals surface area (Å²) < 4.78 is 76.9. The van der Waals surface area contributed by atoms with E-state index in [1.54, 1.807) is 0 Å². The fourth-order valence-corrected chi connectivity index (χ4v) is 2.34. The first-order valence-electron chi connectivity index (χ1n) is 5.26. The van der Waals surface area contributed by atoms with Crippen molar-refractivity contribution in [2.24, 2.45) is 0 Å². The van der Waals surface area contributed by atoms with E-state index >= 15 is 0 Å². The smallest absolute Gasteiger partial charge is 0.406 e. The molecule has 0 saturated heterocycles. The molecule has 21 heavy (non-hydrogen) atoms. The van der Waals surface area contributed by atoms with Gasteiger partial charge in [0.2, 0.25) is 0 Å². The summed E-state index contributed by atoms with van der Waals surface area (Å²) in [7, 11) is 0. The van der Waals surface area contributed by atoms with Crippen LogP contribution in [0, 0.1) is 0 Å². The summed E-state index contributed by atoms with van der Waals surface area (Å²) in [6.07, 6.45) is -5.12. The average molecular weight is 397 g/mol. The molecule has 0 aliphatic rings. The number of rotatable bonds is 5. The maximum Gasteiger partial charge on any atom is 0.573 e. The number of ketones is 1. The van der Waals surface area contributed by atoms with Crippen LogP contribution in [0.5, 0.6) is 5.75 Å². The maximum absolute atomic E-state index is 12.3. The Balaban J connectivity index is 3.16. The third-order valence-corrected chi connectivity index (χ3v) is 3.09. The summed E-state index contributed by atoms with van der Waals surface area (Å²) in [6, 6.07) is 2.22. The summed E-state index contributed by atoms with van der Waals surface area (Å²) in [5.41, 5.74) is -4.96. The van der Waals surface area contributed by atoms with Crippen LogP contribution in [0.15, 0.2) is 23.1 Å². The molecule has 0 heterocycles. The fourth-order valence-electron chi connectivity index (χ4n) is 1.35. The van der Waals surface area contributed by atoms with Gasteiger partial charge in [0.05, 0.1) is 0 Å². The molecule has 0 saturated carbocycles. The third kappa shape index (κ3) is 7.07. The highest BCUT2D eigenvalue weighted by atomic mass is 79.9. The normalized spacial score (nSPS) is 12.3. The Morgan fingerprint density at radius 3 is 2.24 bits per heavy atom. The van der Waals surface area contributed by atoms with E-state index < -0.39 is 40.1 Å². The number of Topliss-reactive ketones (excluding diaryl/α,β-unsaturated/α-hetero) is 1. The summed E-state index contributed by atoms with van der Waals surface area (Å²) in [5.74, 6) is -1.46. The zero-order valence-corrected chi connectivity index (χ0v) is 12.4. The molecule has 0 N–H and O–H groups in total. The van der Waals surface area contributed by atoms with E-state index in [2.05, 4.69) is 20.7 Å². The largest absolute Gasteiger partial charge is 0.573 e. The first-order valence-corrected chi connectivity index (χ1v) is 7.20. The van der Waals surface area contributed by atoms with Gasteiger partial charge in [-0.15, -0.1) is 13.2 Å². The summed E-state index contributed by atoms with van der Waals surface area (Å²) in [6.45, 7) is 0. The second-order valence-corrected chi connectivity index (χ2v) is 5.58. The van der Waals surface area contributed by atoms with E-state index in [9.17, 15) is 31.1 Å². The molecule has 1 rings (SSSR count). The molecule has 1 aromatic rings. The summed E-state index contributed by atoms with van der Waals surface area (Å²) in [4.78, 5) is 11.1. The van der Waals surface area contributed by atoms with Crippen LogP contribution in [0.1, 0.15) is 16.8 Å². The van der Waals surface area contributed by atoms with Gasteiger partial charge in [0.15, 0.2) is 5.78 Å². The number of ether oxygens (including phenoxy) is 1. The van der Waals surface area contributed by atoms with Crippen LogP contribution in [-0.2, 0) is 0 Å². The molecule has 10 heteroatoms. The number of hydrogen-bond acceptors (Lipinski definition) is 3. The van der Waals surface area contributed by atoms with Gasteiger partial charge < -0.3 is 4.74 Å². The third-order valence-electron chi connectivity index (χ3n) is 1.99. The molecule has 0 aliphatic heterocycles. The molecule has 0 atom stereocenters. The quantitative estimate of drug-likeness (QED) is 0.297. The summed E-state index contributed by atoms with van der Waals surface area (Å²) in [5, 5.41) is 0.234. The van der Waals surface area contributed by atoms with Gasteiger partial charge >= 0.3 is 11.9 Å². The maximum atomic E-state index is 12.3. The van der Waals surface area contributed by atoms with E-state index in [0.717, 1.165) is 12.1 Å². The minimum Gasteiger partial charge on any atom is -0.406 e. The van der Waals surface area contributed by atoms with Gasteiger partial charge in [0.1, 0.15) is 5.75 Å². The highest BCUT2D eigenvalue weighted by molar-refractivity contribution is 9.09. The van der Waals surface area contributed by atoms with Gasteiger partial charge in [-0.25, -0.2) is 0 Å². The lowest BCUT2D eigenvalue weighted by Gasteiger charge is -2.13. The Labute approximate surface area is 128 Å². The van der Waals surface area contributed by atoms with E-state index in [4.69, 9.17) is 0 Å². The van der Waals surface area contributed by atoms with Crippen LogP contribution >= 0.6 is 27.7 Å². The van der Waals surface area contributed by atoms with Gasteiger partial charge in [0.25, 0.3) is 0 Å². The fraction of sp³-hybridized carbons (Fsp3) is 0.364. The SMILES string of the molecule is O=C(CCBr)c1cc(OC(F)(F)F)cc(SC(F)(F)F)c1. The van der Waals surface area contributed by atoms with Gasteiger partial charge in [-0.2, -0.15) is 13.2 Å². The number of carbonyl (C=O) groups is 1. The molecule has 0 unspecified atom stereocenters. The monoisotopic (exact) mass is 396 g/mol. The van der Waals surface area contributed by atoms with Gasteiger partial charge in [-0.05, 0) is 30.0 Å². The molecule has 1 aromatic carbocycles. The molecule has 0 bridgehead atoms. The van der Waals surface area contributed by atoms with Gasteiger partial charge in [-0.3, -0.25) is 4.79 Å². The van der Waals surface area contributed by atoms with Crippen LogP contribution in [0.2, 0.25) is 0 Å². The van der Waals surface area contributed by atoms with Crippen molar-refractivity contribution in [2.45, 2.75) is 23.2 Å². The lowest BCUT2D eigenvalue weighted by atomic mass is 10.1. The minimum absolute atomic E-state index is 0.0639. The van der Waals surface area contributed by atoms with E-state index in [1.807, 2.05) is 0 Å². The molecule has 0 aliphatic carbocycles. The van der Waals surface area contributed by atoms with Crippen LogP contribution in [0.4, 0.5) is 26.3 Å². The summed E-state index contributed by atoms with van der Waals surface area (Å²) >= 11 is 2.34. The van der Waals surface area contributed by atoms with Crippen molar-refractivity contribution in [1.29, 1.82) is 0 Å². The molecular formula is C11H7BrF6O2S. The molecule has 0 amide bonds. The number of alkyl halides is 7. The van der Waals surface area contributed by atoms with Gasteiger partial charge in [-0.1, -0.05) is 15.9 Å². The van der Waals surface area contributed by atoms with Crippen LogP contribution in [0.25, 0.3) is 0 Å². The highest BCUT2D eigenvalue weighted by Gasteiger charge is 2.33. The number of carbonyl (C=O) groups excluding carboxylic acids is 1. The predicted molar refractivity (Wildman–Crippen MR) is 67.8 cm³/mol. The van der Waals surface area contributed by atoms with Crippen molar-refractivity contribution in [1.82, 2.24) is 0 Å². The molecule has 0 fully saturated rings. The molecule has 0 aromatic heterocycles. The lowest BCUT2D eigenvalue weighted by molar-refractivity contribution is -0.274. The first kappa shape index (κ1) is 18.1. The van der Waals surface area contributed by atoms with Crippen molar-refractivity contribution in [3.05, 3.63) is 23.8 Å². The van der Waals surface area contributed by atoms with E-state index in [1.165, 1.54) is 0 Å². The molecule has 0 spiro atoms. The van der Waals surface area contributed by atoms with Gasteiger partial charge in [0, 0.05) is 22.2 Å². The van der Waals surface area contributed by atoms with Crippen molar-refractivity contribution < 1.29 is 35.9 Å². The minimum atomic E-state index is -5.06. The Kier molecular flexibility index (Phi) is 5.97. The van der Waals surface area contributed by atoms with E-state index in [0.29, 0.717) is 6.07 Å². The molecule has 0 radical (unpaired) electrons. The lowest BCUT2D eigenvalue weighted by Crippen LogP contribution is -2.17. The van der Waals surface area contributed by atoms with E-state index in [-0.39, 0.29) is 17.3 Å². The predicted octanol–water partition coefficient (Wildman–Crippen LogP) is 5.16. The highest BCUT2D eigenvalue weighted by Crippen LogP contribution is 2.39. The zero-order chi connectivity index (χ0) is 16.3. The van der Waals surface area contributed by atoms with Crippen LogP contribution in [-0.4, -0.2) is 23.0 Å². The molecule has 2 nitrogen and oxygen atoms in total. The number of halogens is 7. The number of hydrogen-bond donors (Lipinski definition) is 0. The topological polar surface area (TPSA) is 26.3 Å². The first-order chi connectivity index (χ1) is 9.50. The zero-order valence-electron chi connectivity index (χ0n) is 10.0. The second-order valence-electron chi connectivity index (χ2n) is 3.65. The number of thioether (sulfide) groups is 1. The van der Waals surface area contributed by atoms with Crippen molar-refractivity contribution in [3.8, 4) is 5.75 Å². The molecule has 118 valence electrons.